The van der Waals surface area contributed by atoms with Crippen molar-refractivity contribution in [2.45, 2.75) is 50.4 Å². The Morgan fingerprint density at radius 2 is 1.30 bits per heavy atom. The Morgan fingerprint density at radius 1 is 0.622 bits per heavy atom. The summed E-state index contributed by atoms with van der Waals surface area (Å²) >= 11 is 0. The first-order valence-electron chi connectivity index (χ1n) is 13.5. The second kappa shape index (κ2) is 7.83. The largest absolute Gasteiger partial charge is 0.356 e. The van der Waals surface area contributed by atoms with E-state index in [4.69, 9.17) is 0 Å². The summed E-state index contributed by atoms with van der Waals surface area (Å²) in [6.45, 7) is 9.41. The Morgan fingerprint density at radius 3 is 2.11 bits per heavy atom. The zero-order valence-corrected chi connectivity index (χ0v) is 22.0. The molecule has 1 N–H and O–H groups in total. The molecule has 0 saturated carbocycles. The van der Waals surface area contributed by atoms with Crippen molar-refractivity contribution in [2.24, 2.45) is 0 Å². The Hall–Kier alpha value is -3.84. The Labute approximate surface area is 220 Å². The Bertz CT molecular complexity index is 1600. The lowest BCUT2D eigenvalue weighted by molar-refractivity contribution is 0.589. The van der Waals surface area contributed by atoms with Crippen LogP contribution in [0.2, 0.25) is 0 Å². The molecule has 0 fully saturated rings. The molecule has 37 heavy (non-hydrogen) atoms. The molecule has 182 valence electrons. The predicted octanol–water partition coefficient (Wildman–Crippen LogP) is 9.39. The molecule has 0 amide bonds. The van der Waals surface area contributed by atoms with E-state index in [0.29, 0.717) is 11.8 Å². The molecule has 3 aliphatic rings. The van der Waals surface area contributed by atoms with Crippen molar-refractivity contribution in [3.8, 4) is 11.1 Å². The lowest BCUT2D eigenvalue weighted by atomic mass is 9.73. The highest BCUT2D eigenvalue weighted by atomic mass is 14.9. The van der Waals surface area contributed by atoms with Crippen molar-refractivity contribution in [3.05, 3.63) is 143 Å². The van der Waals surface area contributed by atoms with Gasteiger partial charge in [-0.3, -0.25) is 0 Å². The SMILES string of the molecule is CC1(C)C2=CC=CC(c3ccc(Nc4ccc5c(c4)C(C)(C)c4ccccc4-5)cc3)C2c2ccccc21. The molecule has 0 saturated heterocycles. The van der Waals surface area contributed by atoms with Gasteiger partial charge < -0.3 is 5.32 Å². The van der Waals surface area contributed by atoms with Gasteiger partial charge in [0.15, 0.2) is 0 Å². The van der Waals surface area contributed by atoms with Gasteiger partial charge in [0, 0.05) is 34.0 Å². The van der Waals surface area contributed by atoms with Crippen LogP contribution in [0, 0.1) is 0 Å². The second-order valence-corrected chi connectivity index (χ2v) is 11.9. The van der Waals surface area contributed by atoms with E-state index in [9.17, 15) is 0 Å². The molecule has 1 heteroatoms. The zero-order valence-electron chi connectivity index (χ0n) is 22.0. The predicted molar refractivity (Wildman–Crippen MR) is 156 cm³/mol. The van der Waals surface area contributed by atoms with E-state index in [1.165, 1.54) is 44.5 Å². The third-order valence-electron chi connectivity index (χ3n) is 9.15. The van der Waals surface area contributed by atoms with E-state index in [0.717, 1.165) is 11.4 Å². The van der Waals surface area contributed by atoms with Crippen LogP contribution >= 0.6 is 0 Å². The highest BCUT2D eigenvalue weighted by Gasteiger charge is 2.45. The van der Waals surface area contributed by atoms with Crippen LogP contribution in [0.5, 0.6) is 0 Å². The summed E-state index contributed by atoms with van der Waals surface area (Å²) in [5.41, 5.74) is 13.7. The molecule has 0 bridgehead atoms. The van der Waals surface area contributed by atoms with Crippen molar-refractivity contribution in [1.29, 1.82) is 0 Å². The van der Waals surface area contributed by atoms with Crippen molar-refractivity contribution < 1.29 is 0 Å². The van der Waals surface area contributed by atoms with E-state index in [-0.39, 0.29) is 10.8 Å². The molecule has 7 rings (SSSR count). The van der Waals surface area contributed by atoms with E-state index in [2.05, 4.69) is 142 Å². The van der Waals surface area contributed by atoms with Gasteiger partial charge in [-0.25, -0.2) is 0 Å². The molecule has 2 atom stereocenters. The van der Waals surface area contributed by atoms with Crippen molar-refractivity contribution in [2.75, 3.05) is 5.32 Å². The summed E-state index contributed by atoms with van der Waals surface area (Å²) < 4.78 is 0. The first-order chi connectivity index (χ1) is 17.9. The highest BCUT2D eigenvalue weighted by Crippen LogP contribution is 2.57. The van der Waals surface area contributed by atoms with Gasteiger partial charge in [-0.05, 0) is 63.2 Å². The van der Waals surface area contributed by atoms with Crippen molar-refractivity contribution in [1.82, 2.24) is 0 Å². The maximum atomic E-state index is 3.67. The van der Waals surface area contributed by atoms with Gasteiger partial charge in [-0.1, -0.05) is 118 Å². The standard InChI is InChI=1S/C36H33N/c1-35(2)31-14-8-6-11-29(31)34-26(12-9-15-32(34)35)23-16-18-24(19-17-23)37-25-20-21-28-27-10-5-7-13-30(27)36(3,4)33(28)22-25/h5-22,26,34,37H,1-4H3. The summed E-state index contributed by atoms with van der Waals surface area (Å²) in [4.78, 5) is 0. The Balaban J connectivity index is 1.17. The lowest BCUT2D eigenvalue weighted by Gasteiger charge is -2.30. The molecule has 0 aliphatic heterocycles. The van der Waals surface area contributed by atoms with E-state index in [1.54, 1.807) is 0 Å². The van der Waals surface area contributed by atoms with Gasteiger partial charge >= 0.3 is 0 Å². The van der Waals surface area contributed by atoms with Gasteiger partial charge in [0.05, 0.1) is 0 Å². The van der Waals surface area contributed by atoms with Crippen LogP contribution in [0.25, 0.3) is 11.1 Å². The molecule has 1 nitrogen and oxygen atoms in total. The fourth-order valence-corrected chi connectivity index (χ4v) is 7.18. The van der Waals surface area contributed by atoms with Gasteiger partial charge in [-0.2, -0.15) is 0 Å². The van der Waals surface area contributed by atoms with Crippen molar-refractivity contribution in [3.63, 3.8) is 0 Å². The van der Waals surface area contributed by atoms with Gasteiger partial charge in [0.25, 0.3) is 0 Å². The topological polar surface area (TPSA) is 12.0 Å². The van der Waals surface area contributed by atoms with Crippen LogP contribution in [-0.2, 0) is 10.8 Å². The van der Waals surface area contributed by atoms with Crippen LogP contribution in [0.4, 0.5) is 11.4 Å². The van der Waals surface area contributed by atoms with Crippen LogP contribution in [-0.4, -0.2) is 0 Å². The maximum absolute atomic E-state index is 3.67. The first-order valence-corrected chi connectivity index (χ1v) is 13.5. The highest BCUT2D eigenvalue weighted by molar-refractivity contribution is 5.83. The first kappa shape index (κ1) is 22.4. The molecule has 3 aliphatic carbocycles. The molecule has 0 aromatic heterocycles. The molecule has 4 aromatic rings. The molecular weight excluding hydrogens is 446 g/mol. The smallest absolute Gasteiger partial charge is 0.0387 e. The number of hydrogen-bond acceptors (Lipinski definition) is 1. The second-order valence-electron chi connectivity index (χ2n) is 11.9. The minimum absolute atomic E-state index is 0.0113. The molecule has 0 heterocycles. The van der Waals surface area contributed by atoms with Gasteiger partial charge in [-0.15, -0.1) is 0 Å². The van der Waals surface area contributed by atoms with Crippen molar-refractivity contribution >= 4 is 11.4 Å². The fourth-order valence-electron chi connectivity index (χ4n) is 7.18. The normalized spacial score (nSPS) is 21.5. The summed E-state index contributed by atoms with van der Waals surface area (Å²) in [5.74, 6) is 0.770. The average Bonchev–Trinajstić information content (AvgIpc) is 3.29. The fraction of sp³-hybridized carbons (Fsp3) is 0.222. The third kappa shape index (κ3) is 3.23. The van der Waals surface area contributed by atoms with Crippen LogP contribution < -0.4 is 5.32 Å². The molecule has 0 spiro atoms. The number of rotatable bonds is 3. The number of fused-ring (bicyclic) bond motifs is 6. The molecule has 2 unspecified atom stereocenters. The number of allylic oxidation sites excluding steroid dienone is 4. The molecule has 0 radical (unpaired) electrons. The molecule has 4 aromatic carbocycles. The number of nitrogens with one attached hydrogen (secondary N) is 1. The summed E-state index contributed by atoms with van der Waals surface area (Å²) in [5, 5.41) is 3.67. The summed E-state index contributed by atoms with van der Waals surface area (Å²) in [7, 11) is 0. The van der Waals surface area contributed by atoms with Crippen LogP contribution in [0.15, 0.2) is 115 Å². The quantitative estimate of drug-likeness (QED) is 0.309. The van der Waals surface area contributed by atoms with E-state index < -0.39 is 0 Å². The number of anilines is 2. The summed E-state index contributed by atoms with van der Waals surface area (Å²) in [6.07, 6.45) is 7.00. The lowest BCUT2D eigenvalue weighted by Crippen LogP contribution is -2.20. The van der Waals surface area contributed by atoms with Crippen LogP contribution in [0.3, 0.4) is 0 Å². The molecular formula is C36H33N. The maximum Gasteiger partial charge on any atom is 0.0387 e. The summed E-state index contributed by atoms with van der Waals surface area (Å²) in [6, 6.07) is 33.7. The minimum Gasteiger partial charge on any atom is -0.356 e. The average molecular weight is 480 g/mol. The third-order valence-corrected chi connectivity index (χ3v) is 9.15. The zero-order chi connectivity index (χ0) is 25.4. The number of hydrogen-bond donors (Lipinski definition) is 1. The van der Waals surface area contributed by atoms with E-state index in [1.807, 2.05) is 0 Å². The number of benzene rings is 4. The van der Waals surface area contributed by atoms with Gasteiger partial charge in [0.2, 0.25) is 0 Å². The minimum atomic E-state index is 0.0113. The Kier molecular flexibility index (Phi) is 4.73. The van der Waals surface area contributed by atoms with Crippen LogP contribution in [0.1, 0.15) is 67.3 Å². The van der Waals surface area contributed by atoms with Gasteiger partial charge in [0.1, 0.15) is 0 Å². The van der Waals surface area contributed by atoms with E-state index >= 15 is 0 Å². The monoisotopic (exact) mass is 479 g/mol.